The first-order chi connectivity index (χ1) is 20.2. The number of rotatable bonds is 11. The zero-order valence-electron chi connectivity index (χ0n) is 23.4. The van der Waals surface area contributed by atoms with Crippen molar-refractivity contribution in [2.75, 3.05) is 6.61 Å². The highest BCUT2D eigenvalue weighted by atomic mass is 35.5. The molecule has 0 N–H and O–H groups in total. The number of hydrogen-bond donors (Lipinski definition) is 0. The minimum absolute atomic E-state index is 0.182. The summed E-state index contributed by atoms with van der Waals surface area (Å²) in [5.74, 6) is 0.925. The Kier molecular flexibility index (Phi) is 8.07. The molecule has 2 heteroatoms. The summed E-state index contributed by atoms with van der Waals surface area (Å²) in [6.45, 7) is 4.56. The normalized spacial score (nSPS) is 15.2. The molecule has 204 valence electrons. The zero-order valence-corrected chi connectivity index (χ0v) is 24.1. The fourth-order valence-corrected chi connectivity index (χ4v) is 6.50. The van der Waals surface area contributed by atoms with Gasteiger partial charge in [0.05, 0.1) is 6.61 Å². The van der Waals surface area contributed by atoms with E-state index in [2.05, 4.69) is 91.5 Å². The van der Waals surface area contributed by atoms with Gasteiger partial charge in [-0.15, -0.1) is 0 Å². The molecule has 0 fully saturated rings. The molecule has 41 heavy (non-hydrogen) atoms. The highest BCUT2D eigenvalue weighted by molar-refractivity contribution is 6.30. The monoisotopic (exact) mass is 554 g/mol. The van der Waals surface area contributed by atoms with Crippen molar-refractivity contribution in [1.82, 2.24) is 0 Å². The van der Waals surface area contributed by atoms with Gasteiger partial charge in [-0.1, -0.05) is 135 Å². The molecular weight excluding hydrogens is 520 g/mol. The second-order valence-corrected chi connectivity index (χ2v) is 11.3. The fraction of sp³-hybridized carbons (Fsp3) is 0.179. The predicted molar refractivity (Wildman–Crippen MR) is 174 cm³/mol. The standard InChI is InChI=1S/C39H35ClO/c1-2-29-16-23-34(24-17-29)41-27-11-4-3-10-26-39(32-12-6-5-7-13-32)37-15-9-8-14-35(37)36-25-20-31(28-38(36)39)30-18-21-33(40)22-19-30/h2,5-9,12-25,28H,1,3-4,10-11,26-27H2. The molecule has 1 nitrogen and oxygen atoms in total. The molecule has 5 aromatic rings. The Hall–Kier alpha value is -4.07. The summed E-state index contributed by atoms with van der Waals surface area (Å²) in [4.78, 5) is 0. The molecule has 1 atom stereocenters. The molecule has 0 spiro atoms. The van der Waals surface area contributed by atoms with Crippen molar-refractivity contribution in [3.8, 4) is 28.0 Å². The summed E-state index contributed by atoms with van der Waals surface area (Å²) in [7, 11) is 0. The summed E-state index contributed by atoms with van der Waals surface area (Å²) < 4.78 is 5.99. The van der Waals surface area contributed by atoms with Gasteiger partial charge in [0.15, 0.2) is 0 Å². The molecule has 0 saturated carbocycles. The van der Waals surface area contributed by atoms with E-state index in [0.29, 0.717) is 0 Å². The van der Waals surface area contributed by atoms with Crippen LogP contribution >= 0.6 is 11.6 Å². The SMILES string of the molecule is C=Cc1ccc(OCCCCCCC2(c3ccccc3)c3ccccc3-c3ccc(-c4ccc(Cl)cc4)cc32)cc1. The van der Waals surface area contributed by atoms with Gasteiger partial charge in [-0.3, -0.25) is 0 Å². The molecule has 0 bridgehead atoms. The molecule has 1 aliphatic carbocycles. The minimum atomic E-state index is -0.182. The molecule has 0 heterocycles. The Bertz CT molecular complexity index is 1620. The fourth-order valence-electron chi connectivity index (χ4n) is 6.37. The molecule has 0 aliphatic heterocycles. The first-order valence-electron chi connectivity index (χ1n) is 14.6. The van der Waals surface area contributed by atoms with Crippen LogP contribution in [0.25, 0.3) is 28.3 Å². The third-order valence-corrected chi connectivity index (χ3v) is 8.68. The van der Waals surface area contributed by atoms with Crippen molar-refractivity contribution in [3.05, 3.63) is 155 Å². The van der Waals surface area contributed by atoms with E-state index < -0.39 is 0 Å². The lowest BCUT2D eigenvalue weighted by Crippen LogP contribution is -2.27. The van der Waals surface area contributed by atoms with Crippen LogP contribution in [0.1, 0.15) is 54.4 Å². The Morgan fingerprint density at radius 2 is 1.32 bits per heavy atom. The zero-order chi connectivity index (χ0) is 28.1. The second kappa shape index (κ2) is 12.2. The van der Waals surface area contributed by atoms with E-state index in [1.165, 1.54) is 45.4 Å². The third-order valence-electron chi connectivity index (χ3n) is 8.43. The maximum atomic E-state index is 6.21. The molecule has 0 radical (unpaired) electrons. The van der Waals surface area contributed by atoms with E-state index in [-0.39, 0.29) is 5.41 Å². The number of benzene rings is 5. The van der Waals surface area contributed by atoms with E-state index in [4.69, 9.17) is 16.3 Å². The van der Waals surface area contributed by atoms with Crippen molar-refractivity contribution in [3.63, 3.8) is 0 Å². The van der Waals surface area contributed by atoms with Crippen molar-refractivity contribution >= 4 is 17.7 Å². The molecule has 6 rings (SSSR count). The van der Waals surface area contributed by atoms with Crippen LogP contribution in [0.4, 0.5) is 0 Å². The average molecular weight is 555 g/mol. The molecule has 0 aromatic heterocycles. The van der Waals surface area contributed by atoms with E-state index in [9.17, 15) is 0 Å². The topological polar surface area (TPSA) is 9.23 Å². The Morgan fingerprint density at radius 3 is 2.10 bits per heavy atom. The van der Waals surface area contributed by atoms with Crippen molar-refractivity contribution in [1.29, 1.82) is 0 Å². The van der Waals surface area contributed by atoms with Gasteiger partial charge in [0.1, 0.15) is 5.75 Å². The maximum absolute atomic E-state index is 6.21. The van der Waals surface area contributed by atoms with Crippen LogP contribution in [0.5, 0.6) is 5.75 Å². The molecule has 0 amide bonds. The smallest absolute Gasteiger partial charge is 0.119 e. The minimum Gasteiger partial charge on any atom is -0.494 e. The van der Waals surface area contributed by atoms with Crippen LogP contribution in [0.2, 0.25) is 5.02 Å². The first-order valence-corrected chi connectivity index (χ1v) is 15.0. The summed E-state index contributed by atoms with van der Waals surface area (Å²) in [5, 5.41) is 0.761. The van der Waals surface area contributed by atoms with E-state index >= 15 is 0 Å². The maximum Gasteiger partial charge on any atom is 0.119 e. The van der Waals surface area contributed by atoms with Gasteiger partial charge in [-0.05, 0) is 87.7 Å². The van der Waals surface area contributed by atoms with Crippen molar-refractivity contribution in [2.45, 2.75) is 37.5 Å². The Labute approximate surface area is 249 Å². The Balaban J connectivity index is 1.25. The predicted octanol–water partition coefficient (Wildman–Crippen LogP) is 11.0. The van der Waals surface area contributed by atoms with Gasteiger partial charge in [-0.2, -0.15) is 0 Å². The summed E-state index contributed by atoms with van der Waals surface area (Å²) in [6, 6.07) is 43.4. The van der Waals surface area contributed by atoms with Crippen LogP contribution in [0.3, 0.4) is 0 Å². The molecule has 1 unspecified atom stereocenters. The average Bonchev–Trinajstić information content (AvgIpc) is 3.31. The number of hydrogen-bond acceptors (Lipinski definition) is 1. The van der Waals surface area contributed by atoms with Crippen molar-refractivity contribution < 1.29 is 4.74 Å². The van der Waals surface area contributed by atoms with Gasteiger partial charge in [0.25, 0.3) is 0 Å². The summed E-state index contributed by atoms with van der Waals surface area (Å²) in [5.41, 5.74) is 10.2. The van der Waals surface area contributed by atoms with E-state index in [1.807, 2.05) is 42.5 Å². The van der Waals surface area contributed by atoms with Gasteiger partial charge >= 0.3 is 0 Å². The molecule has 5 aromatic carbocycles. The van der Waals surface area contributed by atoms with Crippen LogP contribution in [-0.2, 0) is 5.41 Å². The van der Waals surface area contributed by atoms with Crippen molar-refractivity contribution in [2.24, 2.45) is 0 Å². The lowest BCUT2D eigenvalue weighted by atomic mass is 9.69. The highest BCUT2D eigenvalue weighted by Crippen LogP contribution is 2.55. The number of unbranched alkanes of at least 4 members (excludes halogenated alkanes) is 3. The lowest BCUT2D eigenvalue weighted by molar-refractivity contribution is 0.303. The quantitative estimate of drug-likeness (QED) is 0.147. The van der Waals surface area contributed by atoms with E-state index in [0.717, 1.165) is 48.6 Å². The Morgan fingerprint density at radius 1 is 0.634 bits per heavy atom. The number of ether oxygens (including phenoxy) is 1. The molecular formula is C39H35ClO. The summed E-state index contributed by atoms with van der Waals surface area (Å²) >= 11 is 6.21. The van der Waals surface area contributed by atoms with E-state index in [1.54, 1.807) is 0 Å². The van der Waals surface area contributed by atoms with Gasteiger partial charge < -0.3 is 4.74 Å². The number of halogens is 1. The number of fused-ring (bicyclic) bond motifs is 3. The molecule has 0 saturated heterocycles. The third kappa shape index (κ3) is 5.47. The summed E-state index contributed by atoms with van der Waals surface area (Å²) in [6.07, 6.45) is 7.43. The van der Waals surface area contributed by atoms with Crippen LogP contribution < -0.4 is 4.74 Å². The second-order valence-electron chi connectivity index (χ2n) is 10.9. The van der Waals surface area contributed by atoms with Crippen LogP contribution in [-0.4, -0.2) is 6.61 Å². The lowest BCUT2D eigenvalue weighted by Gasteiger charge is -2.33. The van der Waals surface area contributed by atoms with Gasteiger partial charge in [-0.25, -0.2) is 0 Å². The molecule has 1 aliphatic rings. The van der Waals surface area contributed by atoms with Gasteiger partial charge in [0.2, 0.25) is 0 Å². The van der Waals surface area contributed by atoms with Crippen LogP contribution in [0.15, 0.2) is 128 Å². The largest absolute Gasteiger partial charge is 0.494 e. The highest BCUT2D eigenvalue weighted by Gasteiger charge is 2.44. The first kappa shape index (κ1) is 27.1. The van der Waals surface area contributed by atoms with Crippen LogP contribution in [0, 0.1) is 0 Å². The van der Waals surface area contributed by atoms with Gasteiger partial charge in [0, 0.05) is 10.4 Å².